The SMILES string of the molecule is CN(C)C=O.c1cc2cc3cc4cc5ccc6cc7cc8cc9cccc%10cc%11cc%12cc%13ccc%14cc%15cc%16cc(c1)c2c1c3c2c4c3c5c6c4c7c5c8c(c9%10)c%11c6c%12c7c%13c%14c8c%15c(c%161)c2c1c3c4c(c56)c7c81. The highest BCUT2D eigenvalue weighted by molar-refractivity contribution is 6.70. The fraction of sp³-hybridized carbons (Fsp3) is 0.0274. The van der Waals surface area contributed by atoms with Crippen molar-refractivity contribution in [1.82, 2.24) is 4.90 Å². The molecule has 25 aromatic rings. The average molecular weight is 936 g/mol. The molecule has 0 fully saturated rings. The van der Waals surface area contributed by atoms with E-state index in [1.807, 2.05) is 0 Å². The Bertz CT molecular complexity index is 6050. The third-order valence-corrected chi connectivity index (χ3v) is 20.5. The molecule has 0 radical (unpaired) electrons. The summed E-state index contributed by atoms with van der Waals surface area (Å²) in [5.74, 6) is 0. The second-order valence-electron chi connectivity index (χ2n) is 23.8. The highest BCUT2D eigenvalue weighted by atomic mass is 16.1. The quantitative estimate of drug-likeness (QED) is 0.0912. The van der Waals surface area contributed by atoms with E-state index in [1.54, 1.807) is 14.1 Å². The van der Waals surface area contributed by atoms with Gasteiger partial charge < -0.3 is 4.90 Å². The van der Waals surface area contributed by atoms with Crippen molar-refractivity contribution in [3.8, 4) is 0 Å². The van der Waals surface area contributed by atoms with E-state index in [-0.39, 0.29) is 0 Å². The maximum Gasteiger partial charge on any atom is 0.209 e. The van der Waals surface area contributed by atoms with Crippen LogP contribution >= 0.6 is 0 Å². The largest absolute Gasteiger partial charge is 0.351 e. The van der Waals surface area contributed by atoms with Gasteiger partial charge in [-0.3, -0.25) is 4.79 Å². The molecule has 25 rings (SSSR count). The van der Waals surface area contributed by atoms with Crippen molar-refractivity contribution in [3.05, 3.63) is 133 Å². The Morgan fingerprint density at radius 1 is 0.200 bits per heavy atom. The van der Waals surface area contributed by atoms with Crippen molar-refractivity contribution in [2.75, 3.05) is 14.1 Å². The summed E-state index contributed by atoms with van der Waals surface area (Å²) in [6.45, 7) is 0. The molecule has 0 bridgehead atoms. The molecule has 0 saturated carbocycles. The molecule has 0 unspecified atom stereocenters. The van der Waals surface area contributed by atoms with E-state index < -0.39 is 0 Å². The highest BCUT2D eigenvalue weighted by Crippen LogP contribution is 2.68. The van der Waals surface area contributed by atoms with E-state index in [0.717, 1.165) is 6.41 Å². The molecule has 0 spiro atoms. The summed E-state index contributed by atoms with van der Waals surface area (Å²) in [5.41, 5.74) is 0. The van der Waals surface area contributed by atoms with Crippen LogP contribution in [0, 0.1) is 0 Å². The molecule has 0 aliphatic rings. The summed E-state index contributed by atoms with van der Waals surface area (Å²) >= 11 is 0. The third-order valence-electron chi connectivity index (χ3n) is 20.5. The summed E-state index contributed by atoms with van der Waals surface area (Å²) < 4.78 is 0. The summed E-state index contributed by atoms with van der Waals surface area (Å²) in [5, 5.41) is 69.3. The monoisotopic (exact) mass is 935 g/mol. The van der Waals surface area contributed by atoms with Gasteiger partial charge in [0.15, 0.2) is 0 Å². The van der Waals surface area contributed by atoms with Gasteiger partial charge in [-0.25, -0.2) is 0 Å². The molecule has 75 heavy (non-hydrogen) atoms. The first-order chi connectivity index (χ1) is 37.0. The molecule has 0 aliphatic carbocycles. The van der Waals surface area contributed by atoms with Gasteiger partial charge in [-0.15, -0.1) is 0 Å². The molecular weight excluding hydrogens is 907 g/mol. The van der Waals surface area contributed by atoms with Crippen molar-refractivity contribution in [1.29, 1.82) is 0 Å². The lowest BCUT2D eigenvalue weighted by molar-refractivity contribution is -0.115. The number of benzene rings is 25. The Morgan fingerprint density at radius 3 is 0.520 bits per heavy atom. The van der Waals surface area contributed by atoms with Gasteiger partial charge >= 0.3 is 0 Å². The summed E-state index contributed by atoms with van der Waals surface area (Å²) in [6.07, 6.45) is 0.750. The van der Waals surface area contributed by atoms with Crippen LogP contribution in [0.4, 0.5) is 0 Å². The Hall–Kier alpha value is -9.63. The Balaban J connectivity index is 0.000000739. The van der Waals surface area contributed by atoms with Crippen LogP contribution in [0.2, 0.25) is 0 Å². The van der Waals surface area contributed by atoms with Crippen LogP contribution in [-0.2, 0) is 4.79 Å². The fourth-order valence-electron chi connectivity index (χ4n) is 18.6. The lowest BCUT2D eigenvalue weighted by Gasteiger charge is -2.34. The number of hydrogen-bond donors (Lipinski definition) is 0. The first-order valence-corrected chi connectivity index (χ1v) is 26.6. The number of carbonyl (C=O) groups excluding carboxylic acids is 1. The molecule has 25 aromatic carbocycles. The minimum atomic E-state index is 0.750. The molecule has 0 aliphatic heterocycles. The van der Waals surface area contributed by atoms with E-state index in [0.29, 0.717) is 0 Å². The molecule has 0 N–H and O–H groups in total. The van der Waals surface area contributed by atoms with E-state index in [1.165, 1.54) is 263 Å². The van der Waals surface area contributed by atoms with Crippen LogP contribution in [0.1, 0.15) is 0 Å². The lowest BCUT2D eigenvalue weighted by atomic mass is 9.68. The van der Waals surface area contributed by atoms with E-state index in [2.05, 4.69) is 133 Å². The van der Waals surface area contributed by atoms with E-state index >= 15 is 0 Å². The van der Waals surface area contributed by atoms with Crippen molar-refractivity contribution < 1.29 is 4.79 Å². The van der Waals surface area contributed by atoms with Crippen molar-refractivity contribution >= 4 is 265 Å². The molecule has 0 saturated heterocycles. The van der Waals surface area contributed by atoms with Crippen LogP contribution in [-0.4, -0.2) is 25.4 Å². The topological polar surface area (TPSA) is 20.3 Å². The molecule has 2 nitrogen and oxygen atoms in total. The van der Waals surface area contributed by atoms with Gasteiger partial charge in [0.25, 0.3) is 0 Å². The summed E-state index contributed by atoms with van der Waals surface area (Å²) in [7, 11) is 3.38. The minimum Gasteiger partial charge on any atom is -0.351 e. The van der Waals surface area contributed by atoms with E-state index in [4.69, 9.17) is 0 Å². The Kier molecular flexibility index (Phi) is 4.65. The predicted octanol–water partition coefficient (Wildman–Crippen LogP) is 20.1. The molecule has 1 amide bonds. The zero-order valence-electron chi connectivity index (χ0n) is 40.1. The Morgan fingerprint density at radius 2 is 0.333 bits per heavy atom. The van der Waals surface area contributed by atoms with Gasteiger partial charge in [-0.2, -0.15) is 0 Å². The summed E-state index contributed by atoms with van der Waals surface area (Å²) in [4.78, 5) is 10.9. The molecule has 0 aromatic heterocycles. The minimum absolute atomic E-state index is 0.750. The predicted molar refractivity (Wildman–Crippen MR) is 325 cm³/mol. The molecule has 0 atom stereocenters. The van der Waals surface area contributed by atoms with Crippen LogP contribution in [0.15, 0.2) is 133 Å². The third kappa shape index (κ3) is 3.05. The number of rotatable bonds is 1. The van der Waals surface area contributed by atoms with Crippen molar-refractivity contribution in [2.45, 2.75) is 0 Å². The van der Waals surface area contributed by atoms with Crippen LogP contribution in [0.5, 0.6) is 0 Å². The number of carbonyl (C=O) groups is 1. The van der Waals surface area contributed by atoms with Crippen LogP contribution in [0.3, 0.4) is 0 Å². The van der Waals surface area contributed by atoms with Crippen LogP contribution in [0.25, 0.3) is 259 Å². The van der Waals surface area contributed by atoms with Gasteiger partial charge in [0, 0.05) is 14.1 Å². The standard InChI is InChI=1S/C70H22.C3H7NO/c1-3-23-11-31-19-35-15-27-7-9-29-17-37-21-33-13-25-5-2-6-26-14-34-22-38-18-30-10-8-28-16-36-20-32-12-24(4-1)39(23)53-45(31)59-49(35)55-41(27)43(29)57-51(37)61-47(33)54(40(25)26)48(34)62-52(38)58-44(30)42(28)56-50(36)60(46(32)53)63(59)69-65(55)67(57)70(64(61)62)68(58)66(56)69;1-4(2)3-5/h1-22H;3H,1-2H3. The Labute approximate surface area is 419 Å². The number of hydrogen-bond acceptors (Lipinski definition) is 1. The van der Waals surface area contributed by atoms with Gasteiger partial charge in [-0.05, 0) is 331 Å². The first kappa shape index (κ1) is 34.7. The van der Waals surface area contributed by atoms with E-state index in [9.17, 15) is 4.79 Å². The zero-order valence-corrected chi connectivity index (χ0v) is 40.1. The second kappa shape index (κ2) is 10.1. The van der Waals surface area contributed by atoms with Crippen molar-refractivity contribution in [3.63, 3.8) is 0 Å². The van der Waals surface area contributed by atoms with Gasteiger partial charge in [0.05, 0.1) is 0 Å². The van der Waals surface area contributed by atoms with Crippen LogP contribution < -0.4 is 0 Å². The maximum atomic E-state index is 9.43. The fourth-order valence-corrected chi connectivity index (χ4v) is 18.6. The van der Waals surface area contributed by atoms with Gasteiger partial charge in [0.2, 0.25) is 6.41 Å². The molecule has 0 heterocycles. The highest BCUT2D eigenvalue weighted by Gasteiger charge is 2.38. The molecule has 2 heteroatoms. The normalized spacial score (nSPS) is 14.3. The van der Waals surface area contributed by atoms with Gasteiger partial charge in [0.1, 0.15) is 0 Å². The number of amides is 1. The second-order valence-corrected chi connectivity index (χ2v) is 23.8. The first-order valence-electron chi connectivity index (χ1n) is 26.6. The molecule has 332 valence electrons. The lowest BCUT2D eigenvalue weighted by Crippen LogP contribution is -2.06. The molecular formula is C73H29NO. The maximum absolute atomic E-state index is 9.43. The average Bonchev–Trinajstić information content (AvgIpc) is 3.49. The summed E-state index contributed by atoms with van der Waals surface area (Å²) in [6, 6.07) is 54.7. The number of nitrogens with zero attached hydrogens (tertiary/aromatic N) is 1. The van der Waals surface area contributed by atoms with Crippen molar-refractivity contribution in [2.24, 2.45) is 0 Å². The zero-order chi connectivity index (χ0) is 47.6. The smallest absolute Gasteiger partial charge is 0.209 e. The van der Waals surface area contributed by atoms with Gasteiger partial charge in [-0.1, -0.05) is 60.7 Å².